The Kier molecular flexibility index (Phi) is 3.52. The fourth-order valence-electron chi connectivity index (χ4n) is 2.26. The number of hydrogen-bond acceptors (Lipinski definition) is 3. The van der Waals surface area contributed by atoms with Crippen LogP contribution in [0.5, 0.6) is 5.75 Å². The Hall–Kier alpha value is -1.06. The normalized spacial score (nSPS) is 13.6. The zero-order valence-corrected chi connectivity index (χ0v) is 11.6. The highest BCUT2D eigenvalue weighted by molar-refractivity contribution is 7.09. The molecule has 1 aromatic heterocycles. The lowest BCUT2D eigenvalue weighted by molar-refractivity contribution is 0.305. The summed E-state index contributed by atoms with van der Waals surface area (Å²) in [5.41, 5.74) is 3.84. The second kappa shape index (κ2) is 5.29. The van der Waals surface area contributed by atoms with Crippen LogP contribution >= 0.6 is 22.9 Å². The van der Waals surface area contributed by atoms with Crippen molar-refractivity contribution in [3.63, 3.8) is 0 Å². The van der Waals surface area contributed by atoms with E-state index in [2.05, 4.69) is 23.2 Å². The van der Waals surface area contributed by atoms with Crippen LogP contribution in [0, 0.1) is 0 Å². The lowest BCUT2D eigenvalue weighted by Gasteiger charge is -2.06. The van der Waals surface area contributed by atoms with E-state index in [4.69, 9.17) is 16.3 Å². The van der Waals surface area contributed by atoms with Gasteiger partial charge < -0.3 is 4.74 Å². The molecule has 1 heterocycles. The van der Waals surface area contributed by atoms with Gasteiger partial charge in [-0.15, -0.1) is 22.9 Å². The van der Waals surface area contributed by atoms with Gasteiger partial charge in [0, 0.05) is 5.38 Å². The molecule has 0 spiro atoms. The van der Waals surface area contributed by atoms with Crippen molar-refractivity contribution < 1.29 is 4.74 Å². The summed E-state index contributed by atoms with van der Waals surface area (Å²) in [5.74, 6) is 1.41. The molecule has 0 aliphatic heterocycles. The summed E-state index contributed by atoms with van der Waals surface area (Å²) in [6.07, 6.45) is 3.66. The fourth-order valence-corrected chi connectivity index (χ4v) is 3.19. The van der Waals surface area contributed by atoms with Crippen molar-refractivity contribution in [3.8, 4) is 5.75 Å². The summed E-state index contributed by atoms with van der Waals surface area (Å²) in [7, 11) is 0. The molecule has 2 nitrogen and oxygen atoms in total. The van der Waals surface area contributed by atoms with E-state index in [1.807, 2.05) is 5.38 Å². The Morgan fingerprint density at radius 1 is 1.28 bits per heavy atom. The summed E-state index contributed by atoms with van der Waals surface area (Å²) < 4.78 is 5.78. The van der Waals surface area contributed by atoms with Gasteiger partial charge in [-0.3, -0.25) is 0 Å². The number of hydrogen-bond donors (Lipinski definition) is 0. The lowest BCUT2D eigenvalue weighted by atomic mass is 10.1. The molecule has 3 rings (SSSR count). The number of benzene rings is 1. The number of alkyl halides is 1. The minimum atomic E-state index is 0.468. The molecule has 18 heavy (non-hydrogen) atoms. The first-order valence-corrected chi connectivity index (χ1v) is 7.50. The Morgan fingerprint density at radius 2 is 2.17 bits per heavy atom. The highest BCUT2D eigenvalue weighted by Crippen LogP contribution is 2.26. The van der Waals surface area contributed by atoms with Crippen molar-refractivity contribution in [2.24, 2.45) is 0 Å². The van der Waals surface area contributed by atoms with E-state index in [0.29, 0.717) is 12.5 Å². The minimum Gasteiger partial charge on any atom is -0.486 e. The number of rotatable bonds is 4. The number of aromatic nitrogens is 1. The van der Waals surface area contributed by atoms with Gasteiger partial charge in [0.2, 0.25) is 0 Å². The summed E-state index contributed by atoms with van der Waals surface area (Å²) in [4.78, 5) is 4.38. The molecule has 4 heteroatoms. The monoisotopic (exact) mass is 279 g/mol. The van der Waals surface area contributed by atoms with Gasteiger partial charge in [-0.05, 0) is 42.5 Å². The van der Waals surface area contributed by atoms with E-state index in [1.165, 1.54) is 30.4 Å². The van der Waals surface area contributed by atoms with Crippen LogP contribution in [0.3, 0.4) is 0 Å². The van der Waals surface area contributed by atoms with Crippen LogP contribution in [0.25, 0.3) is 0 Å². The number of ether oxygens (including phenoxy) is 1. The first-order valence-electron chi connectivity index (χ1n) is 6.09. The summed E-state index contributed by atoms with van der Waals surface area (Å²) in [5, 5.41) is 2.96. The molecule has 0 saturated heterocycles. The van der Waals surface area contributed by atoms with E-state index in [1.54, 1.807) is 11.3 Å². The van der Waals surface area contributed by atoms with Crippen LogP contribution in [-0.4, -0.2) is 4.98 Å². The molecule has 0 amide bonds. The van der Waals surface area contributed by atoms with Crippen LogP contribution in [0.4, 0.5) is 0 Å². The fraction of sp³-hybridized carbons (Fsp3) is 0.357. The first-order chi connectivity index (χ1) is 8.85. The van der Waals surface area contributed by atoms with Crippen molar-refractivity contribution in [1.29, 1.82) is 0 Å². The SMILES string of the molecule is ClCc1csc(COc2ccc3c(c2)CCC3)n1. The molecule has 2 aromatic rings. The maximum Gasteiger partial charge on any atom is 0.140 e. The summed E-state index contributed by atoms with van der Waals surface area (Å²) in [6.45, 7) is 0.528. The van der Waals surface area contributed by atoms with Crippen molar-refractivity contribution >= 4 is 22.9 Å². The molecule has 0 fully saturated rings. The Morgan fingerprint density at radius 3 is 3.00 bits per heavy atom. The average molecular weight is 280 g/mol. The van der Waals surface area contributed by atoms with Gasteiger partial charge in [0.05, 0.1) is 11.6 Å². The second-order valence-corrected chi connectivity index (χ2v) is 5.65. The van der Waals surface area contributed by atoms with Gasteiger partial charge in [-0.2, -0.15) is 0 Å². The van der Waals surface area contributed by atoms with Gasteiger partial charge in [-0.1, -0.05) is 6.07 Å². The number of aryl methyl sites for hydroxylation is 2. The van der Waals surface area contributed by atoms with Crippen molar-refractivity contribution in [2.75, 3.05) is 0 Å². The zero-order valence-electron chi connectivity index (χ0n) is 9.99. The maximum atomic E-state index is 5.78. The number of nitrogens with zero attached hydrogens (tertiary/aromatic N) is 1. The van der Waals surface area contributed by atoms with E-state index < -0.39 is 0 Å². The third-order valence-corrected chi connectivity index (χ3v) is 4.31. The van der Waals surface area contributed by atoms with Crippen LogP contribution in [-0.2, 0) is 25.3 Å². The van der Waals surface area contributed by atoms with Crippen LogP contribution in [0.15, 0.2) is 23.6 Å². The molecule has 0 atom stereocenters. The van der Waals surface area contributed by atoms with Gasteiger partial charge in [-0.25, -0.2) is 4.98 Å². The highest BCUT2D eigenvalue weighted by Gasteiger charge is 2.11. The summed E-state index contributed by atoms with van der Waals surface area (Å²) >= 11 is 7.32. The second-order valence-electron chi connectivity index (χ2n) is 4.44. The molecular weight excluding hydrogens is 266 g/mol. The average Bonchev–Trinajstić information content (AvgIpc) is 3.04. The van der Waals surface area contributed by atoms with Gasteiger partial charge in [0.1, 0.15) is 17.4 Å². The van der Waals surface area contributed by atoms with E-state index in [-0.39, 0.29) is 0 Å². The molecule has 1 aliphatic carbocycles. The molecule has 0 radical (unpaired) electrons. The van der Waals surface area contributed by atoms with Crippen LogP contribution in [0.2, 0.25) is 0 Å². The standard InChI is InChI=1S/C14H14ClNOS/c15-7-12-9-18-14(16-12)8-17-13-5-4-10-2-1-3-11(10)6-13/h4-6,9H,1-3,7-8H2. The molecule has 0 unspecified atom stereocenters. The molecule has 0 saturated carbocycles. The Bertz CT molecular complexity index is 552. The predicted molar refractivity (Wildman–Crippen MR) is 74.5 cm³/mol. The number of thiazole rings is 1. The highest BCUT2D eigenvalue weighted by atomic mass is 35.5. The van der Waals surface area contributed by atoms with Gasteiger partial charge in [0.25, 0.3) is 0 Å². The van der Waals surface area contributed by atoms with E-state index in [9.17, 15) is 0 Å². The molecular formula is C14H14ClNOS. The third kappa shape index (κ3) is 2.52. The predicted octanol–water partition coefficient (Wildman–Crippen LogP) is 3.95. The molecule has 0 N–H and O–H groups in total. The Labute approximate surface area is 116 Å². The topological polar surface area (TPSA) is 22.1 Å². The van der Waals surface area contributed by atoms with Crippen molar-refractivity contribution in [2.45, 2.75) is 31.7 Å². The maximum absolute atomic E-state index is 5.78. The number of halogens is 1. The quantitative estimate of drug-likeness (QED) is 0.791. The molecule has 1 aromatic carbocycles. The van der Waals surface area contributed by atoms with Crippen LogP contribution < -0.4 is 4.74 Å². The lowest BCUT2D eigenvalue weighted by Crippen LogP contribution is -1.96. The summed E-state index contributed by atoms with van der Waals surface area (Å²) in [6, 6.07) is 6.41. The van der Waals surface area contributed by atoms with Crippen molar-refractivity contribution in [1.82, 2.24) is 4.98 Å². The number of fused-ring (bicyclic) bond motifs is 1. The minimum absolute atomic E-state index is 0.468. The smallest absolute Gasteiger partial charge is 0.140 e. The van der Waals surface area contributed by atoms with E-state index >= 15 is 0 Å². The third-order valence-electron chi connectivity index (χ3n) is 3.17. The molecule has 1 aliphatic rings. The van der Waals surface area contributed by atoms with Gasteiger partial charge >= 0.3 is 0 Å². The van der Waals surface area contributed by atoms with Crippen molar-refractivity contribution in [3.05, 3.63) is 45.4 Å². The van der Waals surface area contributed by atoms with E-state index in [0.717, 1.165) is 16.5 Å². The largest absolute Gasteiger partial charge is 0.486 e. The Balaban J connectivity index is 1.66. The first kappa shape index (κ1) is 12.0. The van der Waals surface area contributed by atoms with Gasteiger partial charge in [0.15, 0.2) is 0 Å². The molecule has 0 bridgehead atoms. The zero-order chi connectivity index (χ0) is 12.4. The van der Waals surface area contributed by atoms with Crippen LogP contribution in [0.1, 0.15) is 28.2 Å². The molecule has 94 valence electrons.